The Hall–Kier alpha value is -1.18. The molecule has 7 heteroatoms. The predicted molar refractivity (Wildman–Crippen MR) is 109 cm³/mol. The van der Waals surface area contributed by atoms with E-state index in [2.05, 4.69) is 48.4 Å². The second-order valence-electron chi connectivity index (χ2n) is 9.12. The first kappa shape index (κ1) is 22.1. The van der Waals surface area contributed by atoms with Gasteiger partial charge in [0.05, 0.1) is 0 Å². The highest BCUT2D eigenvalue weighted by molar-refractivity contribution is 5.78. The molecule has 2 aliphatic rings. The Balaban J connectivity index is 1.64. The molecule has 27 heavy (non-hydrogen) atoms. The van der Waals surface area contributed by atoms with Gasteiger partial charge in [0.15, 0.2) is 0 Å². The second-order valence-corrected chi connectivity index (χ2v) is 9.12. The van der Waals surface area contributed by atoms with Crippen LogP contribution in [0.4, 0.5) is 0 Å². The Morgan fingerprint density at radius 2 is 1.74 bits per heavy atom. The third kappa shape index (κ3) is 7.76. The normalized spacial score (nSPS) is 20.1. The van der Waals surface area contributed by atoms with E-state index in [1.165, 1.54) is 0 Å². The number of likely N-dealkylation sites (tertiary alicyclic amines) is 1. The van der Waals surface area contributed by atoms with Crippen molar-refractivity contribution in [3.8, 4) is 0 Å². The smallest absolute Gasteiger partial charge is 0.223 e. The lowest BCUT2D eigenvalue weighted by Gasteiger charge is -2.33. The Labute approximate surface area is 164 Å². The Bertz CT molecular complexity index is 481. The maximum atomic E-state index is 12.5. The van der Waals surface area contributed by atoms with Crippen LogP contribution in [-0.2, 0) is 9.59 Å². The number of carbonyl (C=O) groups excluding carboxylic acids is 2. The van der Waals surface area contributed by atoms with E-state index in [-0.39, 0.29) is 23.1 Å². The largest absolute Gasteiger partial charge is 0.355 e. The topological polar surface area (TPSA) is 67.9 Å². The van der Waals surface area contributed by atoms with Gasteiger partial charge in [0.1, 0.15) is 0 Å². The summed E-state index contributed by atoms with van der Waals surface area (Å²) in [6, 6.07) is 0. The zero-order valence-electron chi connectivity index (χ0n) is 17.7. The van der Waals surface area contributed by atoms with Crippen molar-refractivity contribution in [1.82, 2.24) is 25.3 Å². The van der Waals surface area contributed by atoms with Crippen LogP contribution in [-0.4, -0.2) is 99.5 Å². The van der Waals surface area contributed by atoms with Crippen molar-refractivity contribution in [3.05, 3.63) is 0 Å². The van der Waals surface area contributed by atoms with Crippen molar-refractivity contribution in [2.45, 2.75) is 33.1 Å². The average molecular weight is 382 g/mol. The standard InChI is InChI=1S/C20H39N5O2/c1-20(2,16-23(3)4)15-22-19(27)17-5-10-24(11-6-17)12-7-18(26)25-13-8-21-9-14-25/h17,21H,5-16H2,1-4H3,(H,22,27). The summed E-state index contributed by atoms with van der Waals surface area (Å²) in [5, 5.41) is 6.43. The molecule has 2 fully saturated rings. The van der Waals surface area contributed by atoms with E-state index in [0.717, 1.165) is 65.2 Å². The molecule has 156 valence electrons. The number of rotatable bonds is 8. The van der Waals surface area contributed by atoms with Crippen LogP contribution < -0.4 is 10.6 Å². The van der Waals surface area contributed by atoms with Crippen LogP contribution in [0.15, 0.2) is 0 Å². The minimum atomic E-state index is 0.0736. The summed E-state index contributed by atoms with van der Waals surface area (Å²) < 4.78 is 0. The molecule has 0 radical (unpaired) electrons. The van der Waals surface area contributed by atoms with Gasteiger partial charge in [-0.2, -0.15) is 0 Å². The van der Waals surface area contributed by atoms with Crippen molar-refractivity contribution in [1.29, 1.82) is 0 Å². The van der Waals surface area contributed by atoms with Gasteiger partial charge in [0, 0.05) is 58.2 Å². The van der Waals surface area contributed by atoms with Gasteiger partial charge in [-0.05, 0) is 45.4 Å². The van der Waals surface area contributed by atoms with Gasteiger partial charge in [-0.25, -0.2) is 0 Å². The lowest BCUT2D eigenvalue weighted by atomic mass is 9.91. The molecule has 2 aliphatic heterocycles. The number of piperidine rings is 1. The highest BCUT2D eigenvalue weighted by atomic mass is 16.2. The van der Waals surface area contributed by atoms with Gasteiger partial charge >= 0.3 is 0 Å². The third-order valence-corrected chi connectivity index (χ3v) is 5.56. The molecular weight excluding hydrogens is 342 g/mol. The quantitative estimate of drug-likeness (QED) is 0.630. The fourth-order valence-corrected chi connectivity index (χ4v) is 4.13. The van der Waals surface area contributed by atoms with Gasteiger partial charge in [0.2, 0.25) is 11.8 Å². The molecule has 7 nitrogen and oxygen atoms in total. The van der Waals surface area contributed by atoms with E-state index in [1.54, 1.807) is 0 Å². The van der Waals surface area contributed by atoms with E-state index in [0.29, 0.717) is 13.0 Å². The monoisotopic (exact) mass is 381 g/mol. The molecular formula is C20H39N5O2. The van der Waals surface area contributed by atoms with Crippen LogP contribution in [0, 0.1) is 11.3 Å². The van der Waals surface area contributed by atoms with Gasteiger partial charge in [-0.15, -0.1) is 0 Å². The van der Waals surface area contributed by atoms with Crippen LogP contribution in [0.1, 0.15) is 33.1 Å². The summed E-state index contributed by atoms with van der Waals surface area (Å²) in [5.74, 6) is 0.568. The Kier molecular flexibility index (Phi) is 8.51. The average Bonchev–Trinajstić information content (AvgIpc) is 2.64. The van der Waals surface area contributed by atoms with Crippen LogP contribution in [0.25, 0.3) is 0 Å². The Morgan fingerprint density at radius 1 is 1.11 bits per heavy atom. The lowest BCUT2D eigenvalue weighted by molar-refractivity contribution is -0.132. The Morgan fingerprint density at radius 3 is 2.33 bits per heavy atom. The van der Waals surface area contributed by atoms with Crippen LogP contribution in [0.5, 0.6) is 0 Å². The molecule has 0 atom stereocenters. The summed E-state index contributed by atoms with van der Waals surface area (Å²) >= 11 is 0. The molecule has 0 saturated carbocycles. The van der Waals surface area contributed by atoms with Crippen LogP contribution in [0.2, 0.25) is 0 Å². The van der Waals surface area contributed by atoms with Crippen LogP contribution >= 0.6 is 0 Å². The number of hydrogen-bond donors (Lipinski definition) is 2. The molecule has 2 rings (SSSR count). The molecule has 0 bridgehead atoms. The van der Waals surface area contributed by atoms with E-state index < -0.39 is 0 Å². The highest BCUT2D eigenvalue weighted by Crippen LogP contribution is 2.19. The number of amides is 2. The first-order valence-electron chi connectivity index (χ1n) is 10.4. The highest BCUT2D eigenvalue weighted by Gasteiger charge is 2.27. The molecule has 2 saturated heterocycles. The SMILES string of the molecule is CN(C)CC(C)(C)CNC(=O)C1CCN(CCC(=O)N2CCNCC2)CC1. The van der Waals surface area contributed by atoms with E-state index in [9.17, 15) is 9.59 Å². The fraction of sp³-hybridized carbons (Fsp3) is 0.900. The minimum absolute atomic E-state index is 0.0736. The summed E-state index contributed by atoms with van der Waals surface area (Å²) in [7, 11) is 4.12. The summed E-state index contributed by atoms with van der Waals surface area (Å²) in [5.41, 5.74) is 0.0736. The lowest BCUT2D eigenvalue weighted by Crippen LogP contribution is -2.48. The van der Waals surface area contributed by atoms with E-state index >= 15 is 0 Å². The molecule has 0 aliphatic carbocycles. The number of hydrogen-bond acceptors (Lipinski definition) is 5. The maximum Gasteiger partial charge on any atom is 0.223 e. The molecule has 0 unspecified atom stereocenters. The van der Waals surface area contributed by atoms with Crippen LogP contribution in [0.3, 0.4) is 0 Å². The minimum Gasteiger partial charge on any atom is -0.355 e. The number of nitrogens with zero attached hydrogens (tertiary/aromatic N) is 3. The van der Waals surface area contributed by atoms with Crippen molar-refractivity contribution in [2.75, 3.05) is 73.0 Å². The summed E-state index contributed by atoms with van der Waals surface area (Å²) in [6.45, 7) is 12.1. The number of piperazine rings is 1. The molecule has 2 heterocycles. The molecule has 0 aromatic rings. The first-order valence-corrected chi connectivity index (χ1v) is 10.4. The van der Waals surface area contributed by atoms with Crippen molar-refractivity contribution in [2.24, 2.45) is 11.3 Å². The molecule has 0 aromatic heterocycles. The van der Waals surface area contributed by atoms with Crippen molar-refractivity contribution >= 4 is 11.8 Å². The van der Waals surface area contributed by atoms with Gasteiger partial charge < -0.3 is 25.3 Å². The van der Waals surface area contributed by atoms with E-state index in [1.807, 2.05) is 4.90 Å². The summed E-state index contributed by atoms with van der Waals surface area (Å²) in [6.07, 6.45) is 2.37. The predicted octanol–water partition coefficient (Wildman–Crippen LogP) is 0.224. The van der Waals surface area contributed by atoms with Gasteiger partial charge in [0.25, 0.3) is 0 Å². The zero-order chi connectivity index (χ0) is 19.9. The molecule has 2 amide bonds. The number of nitrogens with one attached hydrogen (secondary N) is 2. The number of carbonyl (C=O) groups is 2. The molecule has 0 spiro atoms. The maximum absolute atomic E-state index is 12.5. The zero-order valence-corrected chi connectivity index (χ0v) is 17.7. The fourth-order valence-electron chi connectivity index (χ4n) is 4.13. The van der Waals surface area contributed by atoms with Crippen molar-refractivity contribution < 1.29 is 9.59 Å². The first-order chi connectivity index (χ1) is 12.8. The molecule has 0 aromatic carbocycles. The summed E-state index contributed by atoms with van der Waals surface area (Å²) in [4.78, 5) is 31.2. The third-order valence-electron chi connectivity index (χ3n) is 5.56. The van der Waals surface area contributed by atoms with E-state index in [4.69, 9.17) is 0 Å². The van der Waals surface area contributed by atoms with Crippen molar-refractivity contribution in [3.63, 3.8) is 0 Å². The second kappa shape index (κ2) is 10.4. The molecule has 2 N–H and O–H groups in total. The van der Waals surface area contributed by atoms with Gasteiger partial charge in [-0.1, -0.05) is 13.8 Å². The van der Waals surface area contributed by atoms with Gasteiger partial charge in [-0.3, -0.25) is 9.59 Å².